The topological polar surface area (TPSA) is 43.4 Å². The maximum absolute atomic E-state index is 10.8. The SMILES string of the molecule is C[Si](C)(C)C#CCCCCCCCCCCCCCCOS(C)(=O)=O. The zero-order chi connectivity index (χ0) is 19.0. The van der Waals surface area contributed by atoms with E-state index in [1.807, 2.05) is 0 Å². The lowest BCUT2D eigenvalue weighted by molar-refractivity contribution is 0.309. The highest BCUT2D eigenvalue weighted by atomic mass is 32.2. The van der Waals surface area contributed by atoms with Crippen LogP contribution in [0.15, 0.2) is 0 Å². The van der Waals surface area contributed by atoms with Crippen molar-refractivity contribution in [3.8, 4) is 11.5 Å². The lowest BCUT2D eigenvalue weighted by Gasteiger charge is -2.04. The molecular formula is C20H40O3SSi. The van der Waals surface area contributed by atoms with Gasteiger partial charge in [-0.15, -0.1) is 11.5 Å². The highest BCUT2D eigenvalue weighted by molar-refractivity contribution is 7.85. The minimum atomic E-state index is -3.25. The average Bonchev–Trinajstić information content (AvgIpc) is 2.48. The van der Waals surface area contributed by atoms with Crippen LogP contribution in [0.4, 0.5) is 0 Å². The summed E-state index contributed by atoms with van der Waals surface area (Å²) in [4.78, 5) is 0. The zero-order valence-corrected chi connectivity index (χ0v) is 18.8. The molecule has 0 aromatic heterocycles. The first-order valence-electron chi connectivity index (χ1n) is 10.1. The Morgan fingerprint density at radius 2 is 1.12 bits per heavy atom. The summed E-state index contributed by atoms with van der Waals surface area (Å²) in [6, 6.07) is 0. The van der Waals surface area contributed by atoms with Crippen LogP contribution in [-0.2, 0) is 14.3 Å². The lowest BCUT2D eigenvalue weighted by Crippen LogP contribution is -2.16. The highest BCUT2D eigenvalue weighted by Crippen LogP contribution is 2.12. The highest BCUT2D eigenvalue weighted by Gasteiger charge is 2.06. The fourth-order valence-electron chi connectivity index (χ4n) is 2.62. The number of hydrogen-bond donors (Lipinski definition) is 0. The molecule has 0 aliphatic carbocycles. The van der Waals surface area contributed by atoms with Gasteiger partial charge in [-0.2, -0.15) is 8.42 Å². The second kappa shape index (κ2) is 14.8. The predicted octanol–water partition coefficient (Wildman–Crippen LogP) is 5.91. The Morgan fingerprint density at radius 3 is 1.52 bits per heavy atom. The Hall–Kier alpha value is -0.313. The number of rotatable bonds is 15. The number of unbranched alkanes of at least 4 members (excludes halogenated alkanes) is 12. The molecule has 0 N–H and O–H groups in total. The summed E-state index contributed by atoms with van der Waals surface area (Å²) in [6.07, 6.45) is 17.2. The third-order valence-corrected chi connectivity index (χ3v) is 5.48. The van der Waals surface area contributed by atoms with Gasteiger partial charge in [0, 0.05) is 6.42 Å². The van der Waals surface area contributed by atoms with Gasteiger partial charge in [0.1, 0.15) is 8.07 Å². The van der Waals surface area contributed by atoms with E-state index in [0.29, 0.717) is 6.61 Å². The predicted molar refractivity (Wildman–Crippen MR) is 112 cm³/mol. The fraction of sp³-hybridized carbons (Fsp3) is 0.900. The molecule has 5 heteroatoms. The largest absolute Gasteiger partial charge is 0.270 e. The second-order valence-electron chi connectivity index (χ2n) is 8.07. The molecule has 0 amide bonds. The van der Waals surface area contributed by atoms with Gasteiger partial charge in [0.05, 0.1) is 12.9 Å². The standard InChI is InChI=1S/C20H40O3SSi/c1-24(21,22)23-19-17-15-13-11-9-7-5-6-8-10-12-14-16-18-20-25(2,3)4/h5-17,19H2,1-4H3. The minimum absolute atomic E-state index is 0.336. The van der Waals surface area contributed by atoms with Crippen LogP contribution in [0.1, 0.15) is 83.5 Å². The van der Waals surface area contributed by atoms with E-state index in [0.717, 1.165) is 25.5 Å². The van der Waals surface area contributed by atoms with E-state index in [1.165, 1.54) is 64.2 Å². The van der Waals surface area contributed by atoms with Crippen LogP contribution in [-0.4, -0.2) is 29.4 Å². The second-order valence-corrected chi connectivity index (χ2v) is 14.5. The quantitative estimate of drug-likeness (QED) is 0.151. The summed E-state index contributed by atoms with van der Waals surface area (Å²) in [5, 5.41) is 0. The van der Waals surface area contributed by atoms with Crippen LogP contribution in [0.25, 0.3) is 0 Å². The fourth-order valence-corrected chi connectivity index (χ4v) is 3.70. The van der Waals surface area contributed by atoms with Crippen LogP contribution in [0.3, 0.4) is 0 Å². The summed E-state index contributed by atoms with van der Waals surface area (Å²) in [7, 11) is -4.42. The van der Waals surface area contributed by atoms with Gasteiger partial charge in [0.25, 0.3) is 10.1 Å². The molecular weight excluding hydrogens is 348 g/mol. The van der Waals surface area contributed by atoms with E-state index < -0.39 is 18.2 Å². The molecule has 0 unspecified atom stereocenters. The van der Waals surface area contributed by atoms with Crippen molar-refractivity contribution in [1.29, 1.82) is 0 Å². The summed E-state index contributed by atoms with van der Waals surface area (Å²) < 4.78 is 26.3. The smallest absolute Gasteiger partial charge is 0.264 e. The van der Waals surface area contributed by atoms with E-state index in [-0.39, 0.29) is 0 Å². The molecule has 0 saturated heterocycles. The van der Waals surface area contributed by atoms with Crippen molar-refractivity contribution in [2.75, 3.05) is 12.9 Å². The van der Waals surface area contributed by atoms with Gasteiger partial charge in [-0.25, -0.2) is 0 Å². The molecule has 0 heterocycles. The maximum atomic E-state index is 10.8. The maximum Gasteiger partial charge on any atom is 0.264 e. The normalized spacial score (nSPS) is 12.0. The van der Waals surface area contributed by atoms with E-state index in [4.69, 9.17) is 4.18 Å². The molecule has 0 aliphatic heterocycles. The van der Waals surface area contributed by atoms with Crippen LogP contribution < -0.4 is 0 Å². The molecule has 0 fully saturated rings. The Labute approximate surface area is 158 Å². The molecule has 0 atom stereocenters. The third kappa shape index (κ3) is 23.7. The van der Waals surface area contributed by atoms with E-state index >= 15 is 0 Å². The molecule has 0 rings (SSSR count). The Balaban J connectivity index is 3.18. The van der Waals surface area contributed by atoms with E-state index in [1.54, 1.807) is 0 Å². The van der Waals surface area contributed by atoms with Crippen molar-refractivity contribution in [2.24, 2.45) is 0 Å². The molecule has 0 saturated carbocycles. The van der Waals surface area contributed by atoms with Crippen LogP contribution in [0.2, 0.25) is 19.6 Å². The molecule has 148 valence electrons. The van der Waals surface area contributed by atoms with Crippen LogP contribution in [0, 0.1) is 11.5 Å². The Morgan fingerprint density at radius 1 is 0.720 bits per heavy atom. The first-order valence-corrected chi connectivity index (χ1v) is 15.4. The molecule has 0 aromatic rings. The Bertz CT molecular complexity index is 469. The minimum Gasteiger partial charge on any atom is -0.270 e. The molecule has 3 nitrogen and oxygen atoms in total. The van der Waals surface area contributed by atoms with Gasteiger partial charge in [-0.1, -0.05) is 83.8 Å². The van der Waals surface area contributed by atoms with Crippen molar-refractivity contribution in [1.82, 2.24) is 0 Å². The van der Waals surface area contributed by atoms with Crippen molar-refractivity contribution in [3.05, 3.63) is 0 Å². The average molecular weight is 389 g/mol. The summed E-state index contributed by atoms with van der Waals surface area (Å²) >= 11 is 0. The van der Waals surface area contributed by atoms with Crippen molar-refractivity contribution < 1.29 is 12.6 Å². The van der Waals surface area contributed by atoms with Gasteiger partial charge < -0.3 is 0 Å². The van der Waals surface area contributed by atoms with Crippen LogP contribution >= 0.6 is 0 Å². The van der Waals surface area contributed by atoms with Crippen LogP contribution in [0.5, 0.6) is 0 Å². The first-order chi connectivity index (χ1) is 11.7. The molecule has 25 heavy (non-hydrogen) atoms. The van der Waals surface area contributed by atoms with Gasteiger partial charge in [-0.3, -0.25) is 4.18 Å². The van der Waals surface area contributed by atoms with E-state index in [9.17, 15) is 8.42 Å². The van der Waals surface area contributed by atoms with Gasteiger partial charge in [0.2, 0.25) is 0 Å². The summed E-state index contributed by atoms with van der Waals surface area (Å²) in [6.45, 7) is 7.23. The third-order valence-electron chi connectivity index (χ3n) is 3.96. The summed E-state index contributed by atoms with van der Waals surface area (Å²) in [5.41, 5.74) is 3.43. The van der Waals surface area contributed by atoms with Crippen molar-refractivity contribution >= 4 is 18.2 Å². The molecule has 0 aromatic carbocycles. The van der Waals surface area contributed by atoms with Gasteiger partial charge >= 0.3 is 0 Å². The first kappa shape index (κ1) is 24.7. The molecule has 0 spiro atoms. The zero-order valence-electron chi connectivity index (χ0n) is 17.0. The van der Waals surface area contributed by atoms with Gasteiger partial charge in [-0.05, 0) is 12.8 Å². The molecule has 0 radical (unpaired) electrons. The van der Waals surface area contributed by atoms with Gasteiger partial charge in [0.15, 0.2) is 0 Å². The van der Waals surface area contributed by atoms with Crippen molar-refractivity contribution in [3.63, 3.8) is 0 Å². The van der Waals surface area contributed by atoms with Crippen molar-refractivity contribution in [2.45, 2.75) is 103 Å². The van der Waals surface area contributed by atoms with E-state index in [2.05, 4.69) is 31.1 Å². The lowest BCUT2D eigenvalue weighted by atomic mass is 10.0. The monoisotopic (exact) mass is 388 g/mol. The number of hydrogen-bond acceptors (Lipinski definition) is 3. The Kier molecular flexibility index (Phi) is 14.6. The molecule has 0 bridgehead atoms. The summed E-state index contributed by atoms with van der Waals surface area (Å²) in [5.74, 6) is 3.35. The molecule has 0 aliphatic rings.